The van der Waals surface area contributed by atoms with Gasteiger partial charge < -0.3 is 16.0 Å². The van der Waals surface area contributed by atoms with Crippen LogP contribution in [0.1, 0.15) is 15.9 Å². The number of rotatable bonds is 7. The Morgan fingerprint density at radius 1 is 0.821 bits per heavy atom. The highest BCUT2D eigenvalue weighted by Crippen LogP contribution is 2.20. The van der Waals surface area contributed by atoms with Gasteiger partial charge in [0.2, 0.25) is 5.91 Å². The van der Waals surface area contributed by atoms with E-state index in [0.717, 1.165) is 5.56 Å². The third-order valence-corrected chi connectivity index (χ3v) is 4.37. The first-order chi connectivity index (χ1) is 13.6. The summed E-state index contributed by atoms with van der Waals surface area (Å²) in [5.74, 6) is -0.372. The monoisotopic (exact) mass is 393 g/mol. The Balaban J connectivity index is 1.49. The second kappa shape index (κ2) is 9.58. The Labute approximate surface area is 168 Å². The lowest BCUT2D eigenvalue weighted by Gasteiger charge is -2.10. The van der Waals surface area contributed by atoms with E-state index in [1.165, 1.54) is 0 Å². The van der Waals surface area contributed by atoms with Crippen LogP contribution in [0.5, 0.6) is 0 Å². The molecule has 0 radical (unpaired) electrons. The first-order valence-electron chi connectivity index (χ1n) is 8.82. The van der Waals surface area contributed by atoms with E-state index < -0.39 is 0 Å². The van der Waals surface area contributed by atoms with Crippen molar-refractivity contribution in [3.8, 4) is 0 Å². The third kappa shape index (κ3) is 5.59. The number of hydrogen-bond acceptors (Lipinski definition) is 3. The van der Waals surface area contributed by atoms with Crippen LogP contribution in [-0.2, 0) is 11.3 Å². The molecule has 0 aliphatic heterocycles. The SMILES string of the molecule is O=C(CNc1ccccc1Cl)Nc1ccc(C(=O)NCc2ccccc2)cc1. The molecule has 0 aromatic heterocycles. The summed E-state index contributed by atoms with van der Waals surface area (Å²) in [5.41, 5.74) is 2.88. The molecule has 3 aromatic rings. The molecule has 0 spiro atoms. The second-order valence-electron chi connectivity index (χ2n) is 6.13. The molecule has 0 saturated heterocycles. The maximum Gasteiger partial charge on any atom is 0.251 e. The van der Waals surface area contributed by atoms with Gasteiger partial charge in [-0.25, -0.2) is 0 Å². The van der Waals surface area contributed by atoms with Crippen LogP contribution in [0.25, 0.3) is 0 Å². The van der Waals surface area contributed by atoms with Crippen molar-refractivity contribution in [1.82, 2.24) is 5.32 Å². The van der Waals surface area contributed by atoms with Crippen LogP contribution in [0.4, 0.5) is 11.4 Å². The highest BCUT2D eigenvalue weighted by atomic mass is 35.5. The highest BCUT2D eigenvalue weighted by Gasteiger charge is 2.07. The largest absolute Gasteiger partial charge is 0.375 e. The van der Waals surface area contributed by atoms with Gasteiger partial charge in [0.25, 0.3) is 5.91 Å². The van der Waals surface area contributed by atoms with Crippen LogP contribution in [0.15, 0.2) is 78.9 Å². The van der Waals surface area contributed by atoms with Crippen LogP contribution < -0.4 is 16.0 Å². The van der Waals surface area contributed by atoms with Gasteiger partial charge in [-0.15, -0.1) is 0 Å². The zero-order valence-corrected chi connectivity index (χ0v) is 15.9. The molecule has 0 bridgehead atoms. The minimum atomic E-state index is -0.207. The summed E-state index contributed by atoms with van der Waals surface area (Å²) in [7, 11) is 0. The van der Waals surface area contributed by atoms with E-state index >= 15 is 0 Å². The van der Waals surface area contributed by atoms with Crippen LogP contribution in [0.3, 0.4) is 0 Å². The fourth-order valence-electron chi connectivity index (χ4n) is 2.57. The third-order valence-electron chi connectivity index (χ3n) is 4.04. The molecule has 142 valence electrons. The highest BCUT2D eigenvalue weighted by molar-refractivity contribution is 6.33. The van der Waals surface area contributed by atoms with Crippen LogP contribution >= 0.6 is 11.6 Å². The van der Waals surface area contributed by atoms with Crippen LogP contribution in [-0.4, -0.2) is 18.4 Å². The van der Waals surface area contributed by atoms with Gasteiger partial charge in [0.15, 0.2) is 0 Å². The van der Waals surface area contributed by atoms with Gasteiger partial charge >= 0.3 is 0 Å². The van der Waals surface area contributed by atoms with Crippen molar-refractivity contribution >= 4 is 34.8 Å². The molecule has 6 heteroatoms. The summed E-state index contributed by atoms with van der Waals surface area (Å²) in [5, 5.41) is 9.19. The normalized spacial score (nSPS) is 10.2. The van der Waals surface area contributed by atoms with Crippen LogP contribution in [0, 0.1) is 0 Å². The standard InChI is InChI=1S/C22H20ClN3O2/c23-19-8-4-5-9-20(19)24-15-21(27)26-18-12-10-17(11-13-18)22(28)25-14-16-6-2-1-3-7-16/h1-13,24H,14-15H2,(H,25,28)(H,26,27). The van der Waals surface area contributed by atoms with E-state index in [9.17, 15) is 9.59 Å². The zero-order chi connectivity index (χ0) is 19.8. The summed E-state index contributed by atoms with van der Waals surface area (Å²) >= 11 is 6.05. The molecule has 2 amide bonds. The predicted molar refractivity (Wildman–Crippen MR) is 113 cm³/mol. The minimum Gasteiger partial charge on any atom is -0.375 e. The van der Waals surface area contributed by atoms with E-state index in [1.807, 2.05) is 42.5 Å². The zero-order valence-electron chi connectivity index (χ0n) is 15.1. The lowest BCUT2D eigenvalue weighted by molar-refractivity contribution is -0.114. The van der Waals surface area contributed by atoms with Gasteiger partial charge in [0.05, 0.1) is 17.3 Å². The second-order valence-corrected chi connectivity index (χ2v) is 6.53. The first kappa shape index (κ1) is 19.5. The first-order valence-corrected chi connectivity index (χ1v) is 9.20. The molecule has 0 heterocycles. The maximum absolute atomic E-state index is 12.2. The molecular weight excluding hydrogens is 374 g/mol. The van der Waals surface area contributed by atoms with E-state index in [2.05, 4.69) is 16.0 Å². The van der Waals surface area contributed by atoms with Gasteiger partial charge in [0, 0.05) is 17.8 Å². The van der Waals surface area contributed by atoms with Crippen LogP contribution in [0.2, 0.25) is 5.02 Å². The average Bonchev–Trinajstić information content (AvgIpc) is 2.73. The number of amides is 2. The van der Waals surface area contributed by atoms with Gasteiger partial charge in [-0.3, -0.25) is 9.59 Å². The fraction of sp³-hybridized carbons (Fsp3) is 0.0909. The van der Waals surface area contributed by atoms with Gasteiger partial charge in [-0.05, 0) is 42.0 Å². The lowest BCUT2D eigenvalue weighted by Crippen LogP contribution is -2.23. The van der Waals surface area contributed by atoms with Crippen molar-refractivity contribution in [3.63, 3.8) is 0 Å². The molecule has 0 unspecified atom stereocenters. The number of carbonyl (C=O) groups is 2. The molecule has 0 fully saturated rings. The smallest absolute Gasteiger partial charge is 0.251 e. The van der Waals surface area contributed by atoms with Crippen molar-refractivity contribution in [2.75, 3.05) is 17.2 Å². The Morgan fingerprint density at radius 2 is 1.50 bits per heavy atom. The van der Waals surface area contributed by atoms with Crippen molar-refractivity contribution in [3.05, 3.63) is 95.0 Å². The molecule has 0 aliphatic carbocycles. The quantitative estimate of drug-likeness (QED) is 0.559. The number of para-hydroxylation sites is 1. The van der Waals surface area contributed by atoms with Gasteiger partial charge in [0.1, 0.15) is 0 Å². The maximum atomic E-state index is 12.2. The fourth-order valence-corrected chi connectivity index (χ4v) is 2.77. The molecule has 0 atom stereocenters. The van der Waals surface area contributed by atoms with E-state index in [0.29, 0.717) is 28.5 Å². The van der Waals surface area contributed by atoms with E-state index in [-0.39, 0.29) is 18.4 Å². The number of anilines is 2. The topological polar surface area (TPSA) is 70.2 Å². The van der Waals surface area contributed by atoms with E-state index in [4.69, 9.17) is 11.6 Å². The van der Waals surface area contributed by atoms with E-state index in [1.54, 1.807) is 36.4 Å². The molecule has 3 rings (SSSR count). The number of halogens is 1. The van der Waals surface area contributed by atoms with Crippen molar-refractivity contribution in [2.24, 2.45) is 0 Å². The Bertz CT molecular complexity index is 944. The van der Waals surface area contributed by atoms with Crippen molar-refractivity contribution < 1.29 is 9.59 Å². The summed E-state index contributed by atoms with van der Waals surface area (Å²) < 4.78 is 0. The summed E-state index contributed by atoms with van der Waals surface area (Å²) in [6.45, 7) is 0.551. The molecule has 0 saturated carbocycles. The minimum absolute atomic E-state index is 0.0864. The summed E-state index contributed by atoms with van der Waals surface area (Å²) in [4.78, 5) is 24.3. The molecule has 3 aromatic carbocycles. The van der Waals surface area contributed by atoms with Crippen molar-refractivity contribution in [1.29, 1.82) is 0 Å². The summed E-state index contributed by atoms with van der Waals surface area (Å²) in [6, 6.07) is 23.7. The predicted octanol–water partition coefficient (Wildman–Crippen LogP) is 4.32. The average molecular weight is 394 g/mol. The Morgan fingerprint density at radius 3 is 2.21 bits per heavy atom. The molecule has 28 heavy (non-hydrogen) atoms. The number of carbonyl (C=O) groups excluding carboxylic acids is 2. The molecule has 3 N–H and O–H groups in total. The van der Waals surface area contributed by atoms with Gasteiger partial charge in [-0.1, -0.05) is 54.1 Å². The number of nitrogens with one attached hydrogen (secondary N) is 3. The Kier molecular flexibility index (Phi) is 6.65. The van der Waals surface area contributed by atoms with Crippen molar-refractivity contribution in [2.45, 2.75) is 6.54 Å². The molecule has 5 nitrogen and oxygen atoms in total. The summed E-state index contributed by atoms with van der Waals surface area (Å²) in [6.07, 6.45) is 0. The lowest BCUT2D eigenvalue weighted by atomic mass is 10.1. The Hall–Kier alpha value is -3.31. The number of benzene rings is 3. The van der Waals surface area contributed by atoms with Gasteiger partial charge in [-0.2, -0.15) is 0 Å². The number of hydrogen-bond donors (Lipinski definition) is 3. The molecule has 0 aliphatic rings. The molecular formula is C22H20ClN3O2.